The fourth-order valence-corrected chi connectivity index (χ4v) is 3.70. The van der Waals surface area contributed by atoms with Crippen LogP contribution in [0.4, 0.5) is 5.69 Å². The number of benzene rings is 1. The lowest BCUT2D eigenvalue weighted by Gasteiger charge is -2.36. The van der Waals surface area contributed by atoms with Crippen LogP contribution in [-0.2, 0) is 4.74 Å². The first-order valence-corrected chi connectivity index (χ1v) is 7.87. The zero-order chi connectivity index (χ0) is 14.8. The summed E-state index contributed by atoms with van der Waals surface area (Å²) in [6.07, 6.45) is 5.06. The van der Waals surface area contributed by atoms with E-state index in [2.05, 4.69) is 16.3 Å². The molecule has 0 amide bonds. The summed E-state index contributed by atoms with van der Waals surface area (Å²) < 4.78 is 4.85. The lowest BCUT2D eigenvalue weighted by atomic mass is 9.96. The minimum Gasteiger partial charge on any atom is -0.465 e. The largest absolute Gasteiger partial charge is 0.465 e. The number of fused-ring (bicyclic) bond motifs is 1. The quantitative estimate of drug-likeness (QED) is 0.868. The third-order valence-corrected chi connectivity index (χ3v) is 4.92. The Labute approximate surface area is 126 Å². The number of hydrogen-bond acceptors (Lipinski definition) is 4. The van der Waals surface area contributed by atoms with Gasteiger partial charge in [0.25, 0.3) is 0 Å². The minimum atomic E-state index is -0.262. The average molecular weight is 288 g/mol. The van der Waals surface area contributed by atoms with E-state index in [1.54, 1.807) is 0 Å². The summed E-state index contributed by atoms with van der Waals surface area (Å²) in [6, 6.07) is 7.07. The molecule has 1 aromatic rings. The molecule has 4 nitrogen and oxygen atoms in total. The van der Waals surface area contributed by atoms with Gasteiger partial charge in [-0.3, -0.25) is 0 Å². The van der Waals surface area contributed by atoms with Gasteiger partial charge >= 0.3 is 5.97 Å². The predicted octanol–water partition coefficient (Wildman–Crippen LogP) is 2.82. The Hall–Kier alpha value is -1.55. The van der Waals surface area contributed by atoms with Gasteiger partial charge in [0.2, 0.25) is 0 Å². The van der Waals surface area contributed by atoms with Crippen LogP contribution in [-0.4, -0.2) is 43.2 Å². The standard InChI is InChI=1S/C17H24N2O2/c1-12-15(17(20)21-2)6-3-7-16(12)18-13-8-10-19-9-4-5-14(19)11-13/h3,6-7,13-14,18H,4-5,8-11H2,1-2H3. The molecule has 0 radical (unpaired) electrons. The maximum Gasteiger partial charge on any atom is 0.338 e. The molecule has 2 saturated heterocycles. The highest BCUT2D eigenvalue weighted by Gasteiger charge is 2.31. The van der Waals surface area contributed by atoms with Gasteiger partial charge in [-0.2, -0.15) is 0 Å². The number of nitrogens with one attached hydrogen (secondary N) is 1. The first kappa shape index (κ1) is 14.4. The Morgan fingerprint density at radius 1 is 1.33 bits per heavy atom. The second-order valence-corrected chi connectivity index (χ2v) is 6.17. The number of esters is 1. The monoisotopic (exact) mass is 288 g/mol. The van der Waals surface area contributed by atoms with Crippen LogP contribution < -0.4 is 5.32 Å². The Bertz CT molecular complexity index is 530. The molecule has 1 aromatic carbocycles. The normalized spacial score (nSPS) is 25.4. The maximum atomic E-state index is 11.8. The highest BCUT2D eigenvalue weighted by atomic mass is 16.5. The van der Waals surface area contributed by atoms with Crippen LogP contribution in [0.5, 0.6) is 0 Å². The number of hydrogen-bond donors (Lipinski definition) is 1. The van der Waals surface area contributed by atoms with Crippen LogP contribution in [0.25, 0.3) is 0 Å². The molecule has 0 spiro atoms. The van der Waals surface area contributed by atoms with E-state index in [0.717, 1.165) is 17.3 Å². The zero-order valence-electron chi connectivity index (χ0n) is 12.9. The number of nitrogens with zero attached hydrogens (tertiary/aromatic N) is 1. The van der Waals surface area contributed by atoms with Crippen LogP contribution in [0.1, 0.15) is 41.6 Å². The van der Waals surface area contributed by atoms with Gasteiger partial charge in [-0.15, -0.1) is 0 Å². The molecule has 0 saturated carbocycles. The Balaban J connectivity index is 1.71. The molecule has 3 rings (SSSR count). The second-order valence-electron chi connectivity index (χ2n) is 6.17. The number of piperidine rings is 1. The van der Waals surface area contributed by atoms with Crippen LogP contribution in [0, 0.1) is 6.92 Å². The zero-order valence-corrected chi connectivity index (χ0v) is 12.9. The van der Waals surface area contributed by atoms with Crippen LogP contribution in [0.15, 0.2) is 18.2 Å². The van der Waals surface area contributed by atoms with Gasteiger partial charge in [0.1, 0.15) is 0 Å². The van der Waals surface area contributed by atoms with Gasteiger partial charge in [0, 0.05) is 24.3 Å². The van der Waals surface area contributed by atoms with E-state index in [1.807, 2.05) is 19.1 Å². The van der Waals surface area contributed by atoms with Crippen molar-refractivity contribution in [2.45, 2.75) is 44.7 Å². The highest BCUT2D eigenvalue weighted by Crippen LogP contribution is 2.29. The lowest BCUT2D eigenvalue weighted by molar-refractivity contribution is 0.0600. The molecule has 0 bridgehead atoms. The van der Waals surface area contributed by atoms with E-state index in [9.17, 15) is 4.79 Å². The molecule has 4 heteroatoms. The summed E-state index contributed by atoms with van der Waals surface area (Å²) in [6.45, 7) is 4.45. The molecule has 2 atom stereocenters. The summed E-state index contributed by atoms with van der Waals surface area (Å²) in [5, 5.41) is 3.65. The fourth-order valence-electron chi connectivity index (χ4n) is 3.70. The molecule has 0 aliphatic carbocycles. The molecule has 2 fully saturated rings. The number of carbonyl (C=O) groups is 1. The number of anilines is 1. The highest BCUT2D eigenvalue weighted by molar-refractivity contribution is 5.92. The van der Waals surface area contributed by atoms with Crippen molar-refractivity contribution < 1.29 is 9.53 Å². The summed E-state index contributed by atoms with van der Waals surface area (Å²) in [5.74, 6) is -0.262. The average Bonchev–Trinajstić information content (AvgIpc) is 2.96. The Morgan fingerprint density at radius 3 is 3.00 bits per heavy atom. The first-order chi connectivity index (χ1) is 10.2. The number of carbonyl (C=O) groups excluding carboxylic acids is 1. The van der Waals surface area contributed by atoms with Crippen molar-refractivity contribution in [3.63, 3.8) is 0 Å². The topological polar surface area (TPSA) is 41.6 Å². The minimum absolute atomic E-state index is 0.262. The van der Waals surface area contributed by atoms with E-state index in [-0.39, 0.29) is 5.97 Å². The molecule has 2 aliphatic rings. The van der Waals surface area contributed by atoms with Crippen molar-refractivity contribution in [3.8, 4) is 0 Å². The first-order valence-electron chi connectivity index (χ1n) is 7.87. The van der Waals surface area contributed by atoms with Crippen molar-refractivity contribution in [1.82, 2.24) is 4.90 Å². The van der Waals surface area contributed by atoms with Crippen molar-refractivity contribution in [2.75, 3.05) is 25.5 Å². The molecular weight excluding hydrogens is 264 g/mol. The van der Waals surface area contributed by atoms with Crippen LogP contribution >= 0.6 is 0 Å². The second kappa shape index (κ2) is 6.06. The molecule has 21 heavy (non-hydrogen) atoms. The third kappa shape index (κ3) is 2.91. The Morgan fingerprint density at radius 2 is 2.19 bits per heavy atom. The molecule has 2 aliphatic heterocycles. The summed E-state index contributed by atoms with van der Waals surface area (Å²) in [7, 11) is 1.43. The summed E-state index contributed by atoms with van der Waals surface area (Å²) >= 11 is 0. The van der Waals surface area contributed by atoms with E-state index in [1.165, 1.54) is 45.9 Å². The summed E-state index contributed by atoms with van der Waals surface area (Å²) in [4.78, 5) is 14.4. The van der Waals surface area contributed by atoms with Crippen molar-refractivity contribution >= 4 is 11.7 Å². The van der Waals surface area contributed by atoms with Crippen molar-refractivity contribution in [1.29, 1.82) is 0 Å². The van der Waals surface area contributed by atoms with Crippen LogP contribution in [0.3, 0.4) is 0 Å². The van der Waals surface area contributed by atoms with E-state index < -0.39 is 0 Å². The van der Waals surface area contributed by atoms with Gasteiger partial charge in [-0.25, -0.2) is 4.79 Å². The van der Waals surface area contributed by atoms with Gasteiger partial charge in [-0.1, -0.05) is 6.07 Å². The van der Waals surface area contributed by atoms with Gasteiger partial charge < -0.3 is 15.0 Å². The molecular formula is C17H24N2O2. The lowest BCUT2D eigenvalue weighted by Crippen LogP contribution is -2.42. The molecule has 0 aromatic heterocycles. The van der Waals surface area contributed by atoms with Crippen LogP contribution in [0.2, 0.25) is 0 Å². The Kier molecular flexibility index (Phi) is 4.15. The van der Waals surface area contributed by atoms with Gasteiger partial charge in [0.15, 0.2) is 0 Å². The molecule has 114 valence electrons. The maximum absolute atomic E-state index is 11.8. The van der Waals surface area contributed by atoms with Gasteiger partial charge in [-0.05, 0) is 56.8 Å². The van der Waals surface area contributed by atoms with E-state index in [4.69, 9.17) is 4.74 Å². The number of methoxy groups -OCH3 is 1. The third-order valence-electron chi connectivity index (χ3n) is 4.92. The molecule has 1 N–H and O–H groups in total. The SMILES string of the molecule is COC(=O)c1cccc(NC2CCN3CCCC3C2)c1C. The summed E-state index contributed by atoms with van der Waals surface area (Å²) in [5.41, 5.74) is 2.70. The van der Waals surface area contributed by atoms with E-state index >= 15 is 0 Å². The molecule has 2 unspecified atom stereocenters. The predicted molar refractivity (Wildman–Crippen MR) is 83.8 cm³/mol. The number of ether oxygens (including phenoxy) is 1. The molecule has 2 heterocycles. The van der Waals surface area contributed by atoms with E-state index in [0.29, 0.717) is 11.6 Å². The van der Waals surface area contributed by atoms with Gasteiger partial charge in [0.05, 0.1) is 12.7 Å². The van der Waals surface area contributed by atoms with Crippen molar-refractivity contribution in [2.24, 2.45) is 0 Å². The fraction of sp³-hybridized carbons (Fsp3) is 0.588. The van der Waals surface area contributed by atoms with Crippen molar-refractivity contribution in [3.05, 3.63) is 29.3 Å². The smallest absolute Gasteiger partial charge is 0.338 e. The number of rotatable bonds is 3.